The van der Waals surface area contributed by atoms with Crippen LogP contribution in [0, 0.1) is 0 Å². The molecule has 0 bridgehead atoms. The van der Waals surface area contributed by atoms with E-state index in [1.807, 2.05) is 0 Å². The minimum Gasteiger partial charge on any atom is -0.352 e. The number of benzene rings is 1. The highest BCUT2D eigenvalue weighted by Crippen LogP contribution is 2.52. The lowest BCUT2D eigenvalue weighted by atomic mass is 10.0. The predicted octanol–water partition coefficient (Wildman–Crippen LogP) is 7.85. The number of rotatable bonds is 3. The molecule has 1 aromatic carbocycles. The van der Waals surface area contributed by atoms with Crippen molar-refractivity contribution in [3.8, 4) is 0 Å². The van der Waals surface area contributed by atoms with E-state index in [0.29, 0.717) is 0 Å². The summed E-state index contributed by atoms with van der Waals surface area (Å²) in [6.45, 7) is 0. The van der Waals surface area contributed by atoms with Crippen molar-refractivity contribution >= 4 is 84.5 Å². The average molecular weight is 564 g/mol. The third-order valence-corrected chi connectivity index (χ3v) is 11.8. The Labute approximate surface area is 175 Å². The molecule has 0 aliphatic carbocycles. The zero-order valence-corrected chi connectivity index (χ0v) is 18.3. The van der Waals surface area contributed by atoms with Crippen LogP contribution in [-0.2, 0) is 18.5 Å². The molecule has 1 rings (SSSR count). The molecule has 27 heavy (non-hydrogen) atoms. The summed E-state index contributed by atoms with van der Waals surface area (Å²) < 4.78 is 118. The standard InChI is InChI=1S/C9H2Cl6F9NSi2/c10-26(11,12)25(27(13,14)15)6-4(8(19,20)21)1-3(7(16,17)18)2-5(6)9(22,23)24/h1-2H. The molecule has 18 heteroatoms. The largest absolute Gasteiger partial charge is 0.449 e. The van der Waals surface area contributed by atoms with E-state index in [1.165, 1.54) is 0 Å². The van der Waals surface area contributed by atoms with E-state index >= 15 is 0 Å². The minimum absolute atomic E-state index is 0.277. The van der Waals surface area contributed by atoms with Gasteiger partial charge >= 0.3 is 30.9 Å². The summed E-state index contributed by atoms with van der Waals surface area (Å²) in [5.41, 5.74) is -9.05. The smallest absolute Gasteiger partial charge is 0.352 e. The SMILES string of the molecule is FC(F)(F)c1cc(C(F)(F)F)c(N([Si](Cl)(Cl)Cl)[Si](Cl)(Cl)Cl)c(C(F)(F)F)c1. The number of nitrogens with zero attached hydrogens (tertiary/aromatic N) is 1. The van der Waals surface area contributed by atoms with Gasteiger partial charge in [-0.3, -0.25) is 0 Å². The molecule has 0 aromatic heterocycles. The maximum atomic E-state index is 13.3. The molecule has 0 amide bonds. The quantitative estimate of drug-likeness (QED) is 0.206. The molecule has 0 aliphatic heterocycles. The van der Waals surface area contributed by atoms with E-state index in [0.717, 1.165) is 0 Å². The first-order chi connectivity index (χ1) is 11.6. The molecule has 156 valence electrons. The Morgan fingerprint density at radius 1 is 0.593 bits per heavy atom. The first kappa shape index (κ1) is 25.6. The molecule has 0 radical (unpaired) electrons. The van der Waals surface area contributed by atoms with Crippen LogP contribution in [0.3, 0.4) is 0 Å². The molecule has 0 heterocycles. The van der Waals surface area contributed by atoms with Gasteiger partial charge in [-0.2, -0.15) is 39.5 Å². The first-order valence-electron chi connectivity index (χ1n) is 5.91. The predicted molar refractivity (Wildman–Crippen MR) is 90.6 cm³/mol. The van der Waals surface area contributed by atoms with Crippen LogP contribution in [0.15, 0.2) is 12.1 Å². The maximum Gasteiger partial charge on any atom is 0.449 e. The zero-order valence-electron chi connectivity index (χ0n) is 11.8. The van der Waals surface area contributed by atoms with E-state index in [-0.39, 0.29) is 4.23 Å². The molecule has 0 fully saturated rings. The highest BCUT2D eigenvalue weighted by molar-refractivity contribution is 7.76. The maximum absolute atomic E-state index is 13.3. The fourth-order valence-corrected chi connectivity index (χ4v) is 15.9. The number of alkyl halides is 9. The van der Waals surface area contributed by atoms with Gasteiger partial charge in [-0.05, 0) is 12.1 Å². The lowest BCUT2D eigenvalue weighted by Crippen LogP contribution is -2.53. The Hall–Kier alpha value is 0.564. The normalized spacial score (nSPS) is 14.5. The van der Waals surface area contributed by atoms with E-state index in [1.54, 1.807) is 0 Å². The molecule has 0 saturated heterocycles. The Bertz CT molecular complexity index is 657. The zero-order chi connectivity index (χ0) is 21.8. The Balaban J connectivity index is 4.18. The summed E-state index contributed by atoms with van der Waals surface area (Å²) in [6.07, 6.45) is -26.6. The van der Waals surface area contributed by atoms with Gasteiger partial charge in [0, 0.05) is 0 Å². The van der Waals surface area contributed by atoms with Gasteiger partial charge in [-0.15, -0.1) is 66.5 Å². The van der Waals surface area contributed by atoms with Crippen molar-refractivity contribution in [2.24, 2.45) is 0 Å². The second kappa shape index (κ2) is 7.67. The number of hydrogen-bond acceptors (Lipinski definition) is 1. The second-order valence-electron chi connectivity index (χ2n) is 4.68. The van der Waals surface area contributed by atoms with Crippen LogP contribution >= 0.6 is 66.5 Å². The van der Waals surface area contributed by atoms with Gasteiger partial charge in [0.05, 0.1) is 22.4 Å². The average Bonchev–Trinajstić information content (AvgIpc) is 2.30. The van der Waals surface area contributed by atoms with Crippen LogP contribution in [-0.4, -0.2) is 12.3 Å². The lowest BCUT2D eigenvalue weighted by molar-refractivity contribution is -0.147. The molecule has 1 aromatic rings. The van der Waals surface area contributed by atoms with Crippen molar-refractivity contribution in [3.63, 3.8) is 0 Å². The molecule has 0 atom stereocenters. The second-order valence-corrected chi connectivity index (χ2v) is 21.2. The monoisotopic (exact) mass is 561 g/mol. The third kappa shape index (κ3) is 6.27. The van der Waals surface area contributed by atoms with Gasteiger partial charge in [0.1, 0.15) is 0 Å². The van der Waals surface area contributed by atoms with Gasteiger partial charge in [0.15, 0.2) is 0 Å². The van der Waals surface area contributed by atoms with Crippen molar-refractivity contribution in [1.29, 1.82) is 0 Å². The summed E-state index contributed by atoms with van der Waals surface area (Å²) in [5, 5.41) is 0. The lowest BCUT2D eigenvalue weighted by Gasteiger charge is -2.38. The number of halogens is 15. The van der Waals surface area contributed by atoms with Crippen LogP contribution < -0.4 is 4.23 Å². The van der Waals surface area contributed by atoms with Gasteiger partial charge < -0.3 is 4.23 Å². The van der Waals surface area contributed by atoms with E-state index in [2.05, 4.69) is 0 Å². The third-order valence-electron chi connectivity index (χ3n) is 2.78. The topological polar surface area (TPSA) is 3.24 Å². The molecule has 0 saturated carbocycles. The summed E-state index contributed by atoms with van der Waals surface area (Å²) in [4.78, 5) is 0. The molecular weight excluding hydrogens is 562 g/mol. The molecular formula is C9H2Cl6F9NSi2. The van der Waals surface area contributed by atoms with Crippen molar-refractivity contribution in [2.75, 3.05) is 4.23 Å². The summed E-state index contributed by atoms with van der Waals surface area (Å²) in [5.74, 6) is 0. The molecule has 0 N–H and O–H groups in total. The van der Waals surface area contributed by atoms with Crippen molar-refractivity contribution in [1.82, 2.24) is 0 Å². The highest BCUT2D eigenvalue weighted by Gasteiger charge is 2.56. The molecule has 0 aliphatic rings. The Kier molecular flexibility index (Phi) is 7.28. The molecule has 0 unspecified atom stereocenters. The van der Waals surface area contributed by atoms with Gasteiger partial charge in [-0.1, -0.05) is 0 Å². The van der Waals surface area contributed by atoms with Crippen LogP contribution in [0.25, 0.3) is 0 Å². The fourth-order valence-electron chi connectivity index (χ4n) is 1.87. The summed E-state index contributed by atoms with van der Waals surface area (Å²) in [7, 11) is 0. The highest BCUT2D eigenvalue weighted by atomic mass is 35.8. The van der Waals surface area contributed by atoms with Crippen LogP contribution in [0.5, 0.6) is 0 Å². The molecule has 0 spiro atoms. The van der Waals surface area contributed by atoms with Crippen LogP contribution in [0.1, 0.15) is 16.7 Å². The first-order valence-corrected chi connectivity index (χ1v) is 15.9. The summed E-state index contributed by atoms with van der Waals surface area (Å²) in [6, 6.07) is -1.15. The van der Waals surface area contributed by atoms with Crippen LogP contribution in [0.4, 0.5) is 45.2 Å². The van der Waals surface area contributed by atoms with Crippen molar-refractivity contribution < 1.29 is 39.5 Å². The van der Waals surface area contributed by atoms with Gasteiger partial charge in [0.25, 0.3) is 0 Å². The minimum atomic E-state index is -5.73. The Morgan fingerprint density at radius 3 is 1.07 bits per heavy atom. The van der Waals surface area contributed by atoms with E-state index in [9.17, 15) is 39.5 Å². The van der Waals surface area contributed by atoms with Crippen molar-refractivity contribution in [3.05, 3.63) is 28.8 Å². The molecule has 1 nitrogen and oxygen atoms in total. The van der Waals surface area contributed by atoms with E-state index < -0.39 is 65.4 Å². The number of hydrogen-bond donors (Lipinski definition) is 0. The number of anilines is 1. The van der Waals surface area contributed by atoms with Gasteiger partial charge in [0.2, 0.25) is 0 Å². The van der Waals surface area contributed by atoms with Crippen molar-refractivity contribution in [2.45, 2.75) is 18.5 Å². The summed E-state index contributed by atoms with van der Waals surface area (Å²) >= 11 is 33.1. The Morgan fingerprint density at radius 2 is 0.889 bits per heavy atom. The van der Waals surface area contributed by atoms with Gasteiger partial charge in [-0.25, -0.2) is 0 Å². The fraction of sp³-hybridized carbons (Fsp3) is 0.333. The van der Waals surface area contributed by atoms with Crippen LogP contribution in [0.2, 0.25) is 0 Å². The van der Waals surface area contributed by atoms with E-state index in [4.69, 9.17) is 66.5 Å².